The van der Waals surface area contributed by atoms with E-state index in [2.05, 4.69) is 34.9 Å². The lowest BCUT2D eigenvalue weighted by Gasteiger charge is -2.25. The van der Waals surface area contributed by atoms with Crippen LogP contribution in [0.4, 0.5) is 5.82 Å². The maximum atomic E-state index is 5.71. The third-order valence-corrected chi connectivity index (χ3v) is 3.11. The molecule has 0 radical (unpaired) electrons. The Morgan fingerprint density at radius 1 is 1.50 bits per heavy atom. The summed E-state index contributed by atoms with van der Waals surface area (Å²) in [5.74, 6) is 1.44. The third kappa shape index (κ3) is 2.46. The van der Waals surface area contributed by atoms with E-state index in [0.29, 0.717) is 12.5 Å². The molecule has 2 N–H and O–H groups in total. The standard InChI is InChI=1S/C13H21N5/c1-4-17(9-10(2)8-14)13-12-7-11(3)16-18(12)6-5-15-13/h5-7,10H,4,8-9,14H2,1-3H3. The van der Waals surface area contributed by atoms with Crippen LogP contribution < -0.4 is 10.6 Å². The Morgan fingerprint density at radius 2 is 2.28 bits per heavy atom. The van der Waals surface area contributed by atoms with Crippen LogP contribution in [0.15, 0.2) is 18.5 Å². The molecule has 0 aliphatic heterocycles. The van der Waals surface area contributed by atoms with Gasteiger partial charge < -0.3 is 10.6 Å². The Bertz CT molecular complexity index is 519. The molecular weight excluding hydrogens is 226 g/mol. The van der Waals surface area contributed by atoms with Gasteiger partial charge in [-0.2, -0.15) is 5.10 Å². The highest BCUT2D eigenvalue weighted by molar-refractivity contribution is 5.69. The molecule has 2 heterocycles. The van der Waals surface area contributed by atoms with Crippen LogP contribution in [0.2, 0.25) is 0 Å². The first kappa shape index (κ1) is 12.8. The molecule has 1 atom stereocenters. The number of hydrogen-bond donors (Lipinski definition) is 1. The number of nitrogens with two attached hydrogens (primary N) is 1. The van der Waals surface area contributed by atoms with Crippen molar-refractivity contribution in [3.05, 3.63) is 24.2 Å². The molecule has 0 saturated heterocycles. The number of aromatic nitrogens is 3. The molecule has 98 valence electrons. The molecule has 0 bridgehead atoms. The molecule has 0 spiro atoms. The Balaban J connectivity index is 2.38. The van der Waals surface area contributed by atoms with Crippen molar-refractivity contribution in [1.82, 2.24) is 14.6 Å². The lowest BCUT2D eigenvalue weighted by atomic mass is 10.1. The lowest BCUT2D eigenvalue weighted by molar-refractivity contribution is 0.573. The summed E-state index contributed by atoms with van der Waals surface area (Å²) in [5, 5.41) is 4.42. The zero-order valence-electron chi connectivity index (χ0n) is 11.3. The molecule has 2 rings (SSSR count). The van der Waals surface area contributed by atoms with E-state index in [1.54, 1.807) is 6.20 Å². The molecule has 0 saturated carbocycles. The summed E-state index contributed by atoms with van der Waals surface area (Å²) in [4.78, 5) is 6.76. The van der Waals surface area contributed by atoms with E-state index >= 15 is 0 Å². The summed E-state index contributed by atoms with van der Waals surface area (Å²) < 4.78 is 1.88. The second kappa shape index (κ2) is 5.35. The highest BCUT2D eigenvalue weighted by atomic mass is 15.3. The van der Waals surface area contributed by atoms with Crippen LogP contribution in [0.25, 0.3) is 5.52 Å². The van der Waals surface area contributed by atoms with Crippen LogP contribution >= 0.6 is 0 Å². The smallest absolute Gasteiger partial charge is 0.154 e. The molecule has 5 heteroatoms. The van der Waals surface area contributed by atoms with Crippen molar-refractivity contribution < 1.29 is 0 Å². The van der Waals surface area contributed by atoms with Gasteiger partial charge in [-0.15, -0.1) is 0 Å². The molecule has 5 nitrogen and oxygen atoms in total. The van der Waals surface area contributed by atoms with E-state index in [-0.39, 0.29) is 0 Å². The first-order valence-corrected chi connectivity index (χ1v) is 6.41. The van der Waals surface area contributed by atoms with E-state index < -0.39 is 0 Å². The van der Waals surface area contributed by atoms with Gasteiger partial charge >= 0.3 is 0 Å². The molecule has 2 aromatic heterocycles. The van der Waals surface area contributed by atoms with Gasteiger partial charge in [0.2, 0.25) is 0 Å². The largest absolute Gasteiger partial charge is 0.355 e. The highest BCUT2D eigenvalue weighted by Gasteiger charge is 2.14. The average molecular weight is 247 g/mol. The average Bonchev–Trinajstić information content (AvgIpc) is 2.75. The summed E-state index contributed by atoms with van der Waals surface area (Å²) in [7, 11) is 0. The maximum absolute atomic E-state index is 5.71. The molecule has 0 amide bonds. The minimum Gasteiger partial charge on any atom is -0.355 e. The zero-order valence-corrected chi connectivity index (χ0v) is 11.3. The van der Waals surface area contributed by atoms with Gasteiger partial charge in [-0.25, -0.2) is 9.50 Å². The van der Waals surface area contributed by atoms with Gasteiger partial charge in [0.05, 0.1) is 5.69 Å². The fourth-order valence-corrected chi connectivity index (χ4v) is 2.09. The first-order valence-electron chi connectivity index (χ1n) is 6.41. The number of hydrogen-bond acceptors (Lipinski definition) is 4. The van der Waals surface area contributed by atoms with Crippen LogP contribution in [0.3, 0.4) is 0 Å². The highest BCUT2D eigenvalue weighted by Crippen LogP contribution is 2.20. The second-order valence-corrected chi connectivity index (χ2v) is 4.75. The van der Waals surface area contributed by atoms with Gasteiger partial charge in [0.15, 0.2) is 5.82 Å². The number of anilines is 1. The summed E-state index contributed by atoms with van der Waals surface area (Å²) in [5.41, 5.74) is 7.77. The van der Waals surface area contributed by atoms with Gasteiger partial charge in [-0.05, 0) is 32.4 Å². The van der Waals surface area contributed by atoms with E-state index in [1.807, 2.05) is 17.6 Å². The third-order valence-electron chi connectivity index (χ3n) is 3.11. The van der Waals surface area contributed by atoms with E-state index in [9.17, 15) is 0 Å². The van der Waals surface area contributed by atoms with E-state index in [4.69, 9.17) is 5.73 Å². The normalized spacial score (nSPS) is 12.9. The molecule has 1 unspecified atom stereocenters. The number of nitrogens with zero attached hydrogens (tertiary/aromatic N) is 4. The lowest BCUT2D eigenvalue weighted by Crippen LogP contribution is -2.32. The fraction of sp³-hybridized carbons (Fsp3) is 0.538. The second-order valence-electron chi connectivity index (χ2n) is 4.75. The maximum Gasteiger partial charge on any atom is 0.154 e. The van der Waals surface area contributed by atoms with Crippen molar-refractivity contribution in [2.75, 3.05) is 24.5 Å². The van der Waals surface area contributed by atoms with Crippen LogP contribution in [0, 0.1) is 12.8 Å². The van der Waals surface area contributed by atoms with Crippen LogP contribution in [0.1, 0.15) is 19.5 Å². The van der Waals surface area contributed by atoms with E-state index in [1.165, 1.54) is 0 Å². The van der Waals surface area contributed by atoms with E-state index in [0.717, 1.165) is 30.1 Å². The van der Waals surface area contributed by atoms with Crippen LogP contribution in [0.5, 0.6) is 0 Å². The quantitative estimate of drug-likeness (QED) is 0.869. The van der Waals surface area contributed by atoms with Crippen molar-refractivity contribution in [3.8, 4) is 0 Å². The topological polar surface area (TPSA) is 59.5 Å². The van der Waals surface area contributed by atoms with Crippen molar-refractivity contribution in [2.45, 2.75) is 20.8 Å². The molecule has 0 aromatic carbocycles. The van der Waals surface area contributed by atoms with Crippen molar-refractivity contribution in [1.29, 1.82) is 0 Å². The van der Waals surface area contributed by atoms with Gasteiger partial charge in [-0.3, -0.25) is 0 Å². The number of rotatable bonds is 5. The minimum absolute atomic E-state index is 0.455. The zero-order chi connectivity index (χ0) is 13.1. The Morgan fingerprint density at radius 3 is 2.94 bits per heavy atom. The van der Waals surface area contributed by atoms with Gasteiger partial charge in [0.25, 0.3) is 0 Å². The van der Waals surface area contributed by atoms with Gasteiger partial charge in [0, 0.05) is 25.5 Å². The summed E-state index contributed by atoms with van der Waals surface area (Å²) in [6.07, 6.45) is 3.68. The summed E-state index contributed by atoms with van der Waals surface area (Å²) in [6, 6.07) is 2.07. The van der Waals surface area contributed by atoms with Crippen molar-refractivity contribution >= 4 is 11.3 Å². The number of aryl methyl sites for hydroxylation is 1. The fourth-order valence-electron chi connectivity index (χ4n) is 2.09. The van der Waals surface area contributed by atoms with Crippen molar-refractivity contribution in [2.24, 2.45) is 11.7 Å². The van der Waals surface area contributed by atoms with Crippen LogP contribution in [-0.4, -0.2) is 34.2 Å². The predicted molar refractivity (Wildman–Crippen MR) is 73.8 cm³/mol. The first-order chi connectivity index (χ1) is 8.65. The number of fused-ring (bicyclic) bond motifs is 1. The predicted octanol–water partition coefficient (Wildman–Crippen LogP) is 1.46. The monoisotopic (exact) mass is 247 g/mol. The molecule has 18 heavy (non-hydrogen) atoms. The minimum atomic E-state index is 0.455. The molecule has 0 fully saturated rings. The van der Waals surface area contributed by atoms with Crippen molar-refractivity contribution in [3.63, 3.8) is 0 Å². The van der Waals surface area contributed by atoms with Crippen LogP contribution in [-0.2, 0) is 0 Å². The molecule has 0 aliphatic carbocycles. The Labute approximate surface area is 108 Å². The molecule has 2 aromatic rings. The Hall–Kier alpha value is -1.62. The summed E-state index contributed by atoms with van der Waals surface area (Å²) >= 11 is 0. The molecule has 0 aliphatic rings. The Kier molecular flexibility index (Phi) is 3.81. The SMILES string of the molecule is CCN(CC(C)CN)c1nccn2nc(C)cc12. The summed E-state index contributed by atoms with van der Waals surface area (Å²) in [6.45, 7) is 8.82. The molecular formula is C13H21N5. The van der Waals surface area contributed by atoms with Gasteiger partial charge in [-0.1, -0.05) is 6.92 Å². The van der Waals surface area contributed by atoms with Gasteiger partial charge in [0.1, 0.15) is 5.52 Å².